The molecule has 0 fully saturated rings. The van der Waals surface area contributed by atoms with Crippen LogP contribution in [0, 0.1) is 6.92 Å². The average molecular weight is 284 g/mol. The van der Waals surface area contributed by atoms with Crippen LogP contribution in [0.3, 0.4) is 0 Å². The maximum atomic E-state index is 4.56. The average Bonchev–Trinajstić information content (AvgIpc) is 2.47. The molecule has 1 heterocycles. The number of hydrogen-bond acceptors (Lipinski definition) is 4. The summed E-state index contributed by atoms with van der Waals surface area (Å²) in [7, 11) is 0. The van der Waals surface area contributed by atoms with Gasteiger partial charge in [0.05, 0.1) is 0 Å². The Hall–Kier alpha value is -2.10. The van der Waals surface area contributed by atoms with E-state index in [9.17, 15) is 0 Å². The molecule has 1 atom stereocenters. The first-order valence-corrected chi connectivity index (χ1v) is 7.59. The molecule has 1 aromatic carbocycles. The third kappa shape index (κ3) is 4.18. The largest absolute Gasteiger partial charge is 0.367 e. The van der Waals surface area contributed by atoms with Gasteiger partial charge in [-0.25, -0.2) is 4.98 Å². The Morgan fingerprint density at radius 1 is 1.14 bits per heavy atom. The van der Waals surface area contributed by atoms with E-state index in [1.807, 2.05) is 19.1 Å². The predicted octanol–water partition coefficient (Wildman–Crippen LogP) is 4.30. The van der Waals surface area contributed by atoms with Crippen LogP contribution in [-0.2, 0) is 6.42 Å². The van der Waals surface area contributed by atoms with Crippen LogP contribution in [0.4, 0.5) is 17.5 Å². The summed E-state index contributed by atoms with van der Waals surface area (Å²) in [4.78, 5) is 9.03. The lowest BCUT2D eigenvalue weighted by molar-refractivity contribution is 0.758. The SMILES string of the molecule is CCc1ccccc1Nc1nc(C)cc(NC(C)CC)n1. The lowest BCUT2D eigenvalue weighted by Crippen LogP contribution is -2.15. The second-order valence-electron chi connectivity index (χ2n) is 5.31. The summed E-state index contributed by atoms with van der Waals surface area (Å²) >= 11 is 0. The lowest BCUT2D eigenvalue weighted by Gasteiger charge is -2.15. The lowest BCUT2D eigenvalue weighted by atomic mass is 10.1. The third-order valence-electron chi connectivity index (χ3n) is 3.51. The fourth-order valence-electron chi connectivity index (χ4n) is 2.12. The molecule has 1 aromatic heterocycles. The van der Waals surface area contributed by atoms with Gasteiger partial charge >= 0.3 is 0 Å². The topological polar surface area (TPSA) is 49.8 Å². The van der Waals surface area contributed by atoms with E-state index in [1.54, 1.807) is 0 Å². The Labute approximate surface area is 127 Å². The van der Waals surface area contributed by atoms with E-state index >= 15 is 0 Å². The molecule has 1 unspecified atom stereocenters. The molecule has 0 bridgehead atoms. The summed E-state index contributed by atoms with van der Waals surface area (Å²) in [6.45, 7) is 8.44. The highest BCUT2D eigenvalue weighted by Gasteiger charge is 2.07. The number of para-hydroxylation sites is 1. The number of nitrogens with zero attached hydrogens (tertiary/aromatic N) is 2. The minimum atomic E-state index is 0.398. The summed E-state index contributed by atoms with van der Waals surface area (Å²) in [5, 5.41) is 6.73. The van der Waals surface area contributed by atoms with Crippen molar-refractivity contribution in [2.45, 2.75) is 46.6 Å². The Kier molecular flexibility index (Phi) is 5.14. The Bertz CT molecular complexity index is 595. The van der Waals surface area contributed by atoms with Gasteiger partial charge in [0, 0.05) is 23.5 Å². The third-order valence-corrected chi connectivity index (χ3v) is 3.51. The van der Waals surface area contributed by atoms with Gasteiger partial charge < -0.3 is 10.6 Å². The van der Waals surface area contributed by atoms with Crippen LogP contribution in [0.1, 0.15) is 38.4 Å². The highest BCUT2D eigenvalue weighted by molar-refractivity contribution is 5.59. The maximum Gasteiger partial charge on any atom is 0.229 e. The highest BCUT2D eigenvalue weighted by Crippen LogP contribution is 2.20. The Balaban J connectivity index is 2.23. The monoisotopic (exact) mass is 284 g/mol. The van der Waals surface area contributed by atoms with E-state index in [4.69, 9.17) is 0 Å². The van der Waals surface area contributed by atoms with Crippen molar-refractivity contribution in [3.63, 3.8) is 0 Å². The van der Waals surface area contributed by atoms with Crippen molar-refractivity contribution in [1.29, 1.82) is 0 Å². The van der Waals surface area contributed by atoms with Crippen LogP contribution < -0.4 is 10.6 Å². The molecule has 21 heavy (non-hydrogen) atoms. The van der Waals surface area contributed by atoms with Crippen molar-refractivity contribution in [2.24, 2.45) is 0 Å². The van der Waals surface area contributed by atoms with Gasteiger partial charge in [0.15, 0.2) is 0 Å². The molecule has 0 aliphatic rings. The predicted molar refractivity (Wildman–Crippen MR) is 89.2 cm³/mol. The van der Waals surface area contributed by atoms with Crippen molar-refractivity contribution >= 4 is 17.5 Å². The Morgan fingerprint density at radius 2 is 1.90 bits per heavy atom. The van der Waals surface area contributed by atoms with Crippen LogP contribution in [0.5, 0.6) is 0 Å². The van der Waals surface area contributed by atoms with Crippen molar-refractivity contribution in [1.82, 2.24) is 9.97 Å². The number of anilines is 3. The second kappa shape index (κ2) is 7.07. The van der Waals surface area contributed by atoms with E-state index in [-0.39, 0.29) is 0 Å². The number of benzene rings is 1. The molecule has 0 radical (unpaired) electrons. The molecule has 2 rings (SSSR count). The number of aromatic nitrogens is 2. The van der Waals surface area contributed by atoms with Crippen LogP contribution in [0.25, 0.3) is 0 Å². The molecular formula is C17H24N4. The summed E-state index contributed by atoms with van der Waals surface area (Å²) in [6, 6.07) is 10.6. The second-order valence-corrected chi connectivity index (χ2v) is 5.31. The zero-order chi connectivity index (χ0) is 15.2. The molecule has 0 saturated heterocycles. The van der Waals surface area contributed by atoms with Crippen molar-refractivity contribution < 1.29 is 0 Å². The van der Waals surface area contributed by atoms with Gasteiger partial charge in [-0.15, -0.1) is 0 Å². The number of rotatable bonds is 6. The number of aryl methyl sites for hydroxylation is 2. The fourth-order valence-corrected chi connectivity index (χ4v) is 2.12. The standard InChI is InChI=1S/C17H24N4/c1-5-12(3)18-16-11-13(4)19-17(21-16)20-15-10-8-7-9-14(15)6-2/h7-12H,5-6H2,1-4H3,(H2,18,19,20,21). The van der Waals surface area contributed by atoms with Crippen molar-refractivity contribution in [2.75, 3.05) is 10.6 Å². The molecule has 2 N–H and O–H groups in total. The van der Waals surface area contributed by atoms with Gasteiger partial charge in [0.2, 0.25) is 5.95 Å². The summed E-state index contributed by atoms with van der Waals surface area (Å²) in [6.07, 6.45) is 2.04. The van der Waals surface area contributed by atoms with Crippen LogP contribution in [0.15, 0.2) is 30.3 Å². The van der Waals surface area contributed by atoms with Gasteiger partial charge in [-0.3, -0.25) is 0 Å². The number of nitrogens with one attached hydrogen (secondary N) is 2. The van der Waals surface area contributed by atoms with E-state index in [2.05, 4.69) is 59.6 Å². The van der Waals surface area contributed by atoms with Gasteiger partial charge in [0.1, 0.15) is 5.82 Å². The molecular weight excluding hydrogens is 260 g/mol. The highest BCUT2D eigenvalue weighted by atomic mass is 15.1. The summed E-state index contributed by atoms with van der Waals surface area (Å²) < 4.78 is 0. The molecule has 0 amide bonds. The number of hydrogen-bond donors (Lipinski definition) is 2. The van der Waals surface area contributed by atoms with Crippen molar-refractivity contribution in [3.05, 3.63) is 41.6 Å². The molecule has 4 heteroatoms. The van der Waals surface area contributed by atoms with Crippen LogP contribution in [0.2, 0.25) is 0 Å². The first-order valence-electron chi connectivity index (χ1n) is 7.59. The van der Waals surface area contributed by atoms with Gasteiger partial charge in [-0.2, -0.15) is 4.98 Å². The molecule has 0 saturated carbocycles. The van der Waals surface area contributed by atoms with E-state index in [1.165, 1.54) is 5.56 Å². The maximum absolute atomic E-state index is 4.56. The summed E-state index contributed by atoms with van der Waals surface area (Å²) in [5.74, 6) is 1.51. The minimum absolute atomic E-state index is 0.398. The normalized spacial score (nSPS) is 12.0. The first kappa shape index (κ1) is 15.3. The van der Waals surface area contributed by atoms with Crippen LogP contribution >= 0.6 is 0 Å². The molecule has 0 aliphatic heterocycles. The molecule has 0 aliphatic carbocycles. The zero-order valence-corrected chi connectivity index (χ0v) is 13.3. The van der Waals surface area contributed by atoms with Gasteiger partial charge in [0.25, 0.3) is 0 Å². The van der Waals surface area contributed by atoms with E-state index < -0.39 is 0 Å². The van der Waals surface area contributed by atoms with Crippen LogP contribution in [-0.4, -0.2) is 16.0 Å². The fraction of sp³-hybridized carbons (Fsp3) is 0.412. The summed E-state index contributed by atoms with van der Waals surface area (Å²) in [5.41, 5.74) is 3.28. The minimum Gasteiger partial charge on any atom is -0.367 e. The van der Waals surface area contributed by atoms with E-state index in [0.717, 1.165) is 30.0 Å². The molecule has 2 aromatic rings. The Morgan fingerprint density at radius 3 is 2.62 bits per heavy atom. The molecule has 112 valence electrons. The van der Waals surface area contributed by atoms with Gasteiger partial charge in [-0.05, 0) is 38.3 Å². The van der Waals surface area contributed by atoms with Crippen molar-refractivity contribution in [3.8, 4) is 0 Å². The van der Waals surface area contributed by atoms with Gasteiger partial charge in [-0.1, -0.05) is 32.0 Å². The quantitative estimate of drug-likeness (QED) is 0.830. The zero-order valence-electron chi connectivity index (χ0n) is 13.3. The molecule has 4 nitrogen and oxygen atoms in total. The smallest absolute Gasteiger partial charge is 0.229 e. The van der Waals surface area contributed by atoms with E-state index in [0.29, 0.717) is 12.0 Å². The first-order chi connectivity index (χ1) is 10.1. The molecule has 0 spiro atoms.